The van der Waals surface area contributed by atoms with Crippen LogP contribution >= 0.6 is 0 Å². The van der Waals surface area contributed by atoms with Crippen LogP contribution in [0, 0.1) is 5.41 Å². The molecule has 21 heavy (non-hydrogen) atoms. The normalized spacial score (nSPS) is 20.6. The van der Waals surface area contributed by atoms with Crippen molar-refractivity contribution in [1.82, 2.24) is 9.47 Å². The summed E-state index contributed by atoms with van der Waals surface area (Å²) in [5.41, 5.74) is 0.0623. The largest absolute Gasteiger partial charge is 0.477 e. The highest BCUT2D eigenvalue weighted by atomic mass is 16.4. The van der Waals surface area contributed by atoms with Gasteiger partial charge < -0.3 is 14.6 Å². The van der Waals surface area contributed by atoms with Crippen LogP contribution in [0.5, 0.6) is 0 Å². The van der Waals surface area contributed by atoms with E-state index in [1.54, 1.807) is 12.3 Å². The van der Waals surface area contributed by atoms with Crippen molar-refractivity contribution in [3.8, 4) is 0 Å². The first kappa shape index (κ1) is 14.3. The Morgan fingerprint density at radius 3 is 2.62 bits per heavy atom. The smallest absolute Gasteiger partial charge is 0.341 e. The zero-order valence-corrected chi connectivity index (χ0v) is 12.3. The molecule has 2 heterocycles. The predicted octanol–water partition coefficient (Wildman–Crippen LogP) is 1.81. The molecule has 1 aromatic heterocycles. The van der Waals surface area contributed by atoms with E-state index in [9.17, 15) is 9.59 Å². The lowest BCUT2D eigenvalue weighted by Gasteiger charge is -2.48. The number of rotatable bonds is 5. The van der Waals surface area contributed by atoms with Crippen molar-refractivity contribution < 1.29 is 9.90 Å². The molecular formula is C16H22N2O3. The number of aryl methyl sites for hydroxylation is 1. The second kappa shape index (κ2) is 5.64. The minimum Gasteiger partial charge on any atom is -0.477 e. The van der Waals surface area contributed by atoms with Crippen LogP contribution in [0.2, 0.25) is 0 Å². The summed E-state index contributed by atoms with van der Waals surface area (Å²) >= 11 is 0. The monoisotopic (exact) mass is 290 g/mol. The van der Waals surface area contributed by atoms with E-state index in [2.05, 4.69) is 4.90 Å². The molecule has 2 aliphatic rings. The number of carbonyl (C=O) groups is 1. The summed E-state index contributed by atoms with van der Waals surface area (Å²) in [6.45, 7) is 3.99. The van der Waals surface area contributed by atoms with E-state index in [-0.39, 0.29) is 5.56 Å². The Morgan fingerprint density at radius 1 is 1.24 bits per heavy atom. The first-order chi connectivity index (χ1) is 10.1. The van der Waals surface area contributed by atoms with Crippen LogP contribution in [0.15, 0.2) is 23.1 Å². The van der Waals surface area contributed by atoms with Gasteiger partial charge in [-0.05, 0) is 43.4 Å². The standard InChI is InChI=1S/C16H22N2O3/c19-14-13(15(20)21)5-3-9-18(14)10-4-8-17-11-16(12-17)6-1-2-7-16/h3,5,9H,1-2,4,6-8,10-12H2,(H,20,21). The molecule has 0 bridgehead atoms. The fourth-order valence-corrected chi connectivity index (χ4v) is 3.84. The molecule has 0 radical (unpaired) electrons. The van der Waals surface area contributed by atoms with Gasteiger partial charge in [0.05, 0.1) is 0 Å². The Hall–Kier alpha value is -1.62. The topological polar surface area (TPSA) is 62.5 Å². The number of carboxylic acids is 1. The summed E-state index contributed by atoms with van der Waals surface area (Å²) in [7, 11) is 0. The maximum Gasteiger partial charge on any atom is 0.341 e. The molecule has 0 atom stereocenters. The Kier molecular flexibility index (Phi) is 3.85. The molecule has 0 aromatic carbocycles. The number of hydrogen-bond acceptors (Lipinski definition) is 3. The summed E-state index contributed by atoms with van der Waals surface area (Å²) in [6, 6.07) is 2.99. The average Bonchev–Trinajstić information content (AvgIpc) is 2.89. The summed E-state index contributed by atoms with van der Waals surface area (Å²) in [5.74, 6) is -1.15. The van der Waals surface area contributed by atoms with Crippen molar-refractivity contribution in [2.24, 2.45) is 5.41 Å². The van der Waals surface area contributed by atoms with Crippen LogP contribution in [0.3, 0.4) is 0 Å². The highest BCUT2D eigenvalue weighted by Gasteiger charge is 2.43. The highest BCUT2D eigenvalue weighted by Crippen LogP contribution is 2.45. The molecule has 1 aromatic rings. The van der Waals surface area contributed by atoms with Gasteiger partial charge in [-0.15, -0.1) is 0 Å². The fraction of sp³-hybridized carbons (Fsp3) is 0.625. The van der Waals surface area contributed by atoms with Gasteiger partial charge in [0.2, 0.25) is 0 Å². The van der Waals surface area contributed by atoms with E-state index in [4.69, 9.17) is 5.11 Å². The lowest BCUT2D eigenvalue weighted by atomic mass is 9.78. The van der Waals surface area contributed by atoms with Gasteiger partial charge in [0.15, 0.2) is 0 Å². The van der Waals surface area contributed by atoms with Crippen molar-refractivity contribution in [2.45, 2.75) is 38.6 Å². The predicted molar refractivity (Wildman–Crippen MR) is 79.6 cm³/mol. The zero-order valence-electron chi connectivity index (χ0n) is 12.3. The molecular weight excluding hydrogens is 268 g/mol. The van der Waals surface area contributed by atoms with E-state index in [0.29, 0.717) is 12.0 Å². The number of aromatic nitrogens is 1. The third-order valence-corrected chi connectivity index (χ3v) is 4.91. The van der Waals surface area contributed by atoms with Gasteiger partial charge in [0.1, 0.15) is 5.56 Å². The third kappa shape index (κ3) is 2.88. The number of carboxylic acid groups (broad SMARTS) is 1. The summed E-state index contributed by atoms with van der Waals surface area (Å²) in [4.78, 5) is 25.3. The Labute approximate surface area is 124 Å². The van der Waals surface area contributed by atoms with Crippen LogP contribution in [0.1, 0.15) is 42.5 Å². The Balaban J connectivity index is 1.49. The van der Waals surface area contributed by atoms with Gasteiger partial charge in [-0.3, -0.25) is 4.79 Å². The molecule has 5 heteroatoms. The van der Waals surface area contributed by atoms with E-state index in [0.717, 1.165) is 13.0 Å². The molecule has 2 fully saturated rings. The van der Waals surface area contributed by atoms with Crippen molar-refractivity contribution in [2.75, 3.05) is 19.6 Å². The van der Waals surface area contributed by atoms with Gasteiger partial charge in [-0.1, -0.05) is 12.8 Å². The second-order valence-electron chi connectivity index (χ2n) is 6.50. The molecule has 1 saturated heterocycles. The van der Waals surface area contributed by atoms with Crippen molar-refractivity contribution in [1.29, 1.82) is 0 Å². The quantitative estimate of drug-likeness (QED) is 0.898. The van der Waals surface area contributed by atoms with Gasteiger partial charge in [-0.2, -0.15) is 0 Å². The first-order valence-electron chi connectivity index (χ1n) is 7.75. The van der Waals surface area contributed by atoms with E-state index in [1.807, 2.05) is 0 Å². The molecule has 1 aliphatic heterocycles. The van der Waals surface area contributed by atoms with Crippen LogP contribution < -0.4 is 5.56 Å². The van der Waals surface area contributed by atoms with Crippen molar-refractivity contribution in [3.63, 3.8) is 0 Å². The van der Waals surface area contributed by atoms with E-state index < -0.39 is 11.5 Å². The van der Waals surface area contributed by atoms with Crippen molar-refractivity contribution >= 4 is 5.97 Å². The molecule has 5 nitrogen and oxygen atoms in total. The van der Waals surface area contributed by atoms with Crippen LogP contribution in [-0.4, -0.2) is 40.2 Å². The second-order valence-corrected chi connectivity index (χ2v) is 6.50. The molecule has 114 valence electrons. The molecule has 1 aliphatic carbocycles. The van der Waals surface area contributed by atoms with Crippen molar-refractivity contribution in [3.05, 3.63) is 34.2 Å². The van der Waals surface area contributed by atoms with Crippen LogP contribution in [0.25, 0.3) is 0 Å². The number of hydrogen-bond donors (Lipinski definition) is 1. The number of aromatic carboxylic acids is 1. The average molecular weight is 290 g/mol. The molecule has 1 N–H and O–H groups in total. The van der Waals surface area contributed by atoms with Crippen LogP contribution in [0.4, 0.5) is 0 Å². The SMILES string of the molecule is O=C(O)c1cccn(CCCN2CC3(CCCC3)C2)c1=O. The maximum absolute atomic E-state index is 11.9. The first-order valence-corrected chi connectivity index (χ1v) is 7.75. The summed E-state index contributed by atoms with van der Waals surface area (Å²) < 4.78 is 1.51. The van der Waals surface area contributed by atoms with E-state index in [1.165, 1.54) is 49.4 Å². The molecule has 3 rings (SSSR count). The van der Waals surface area contributed by atoms with Gasteiger partial charge in [0.25, 0.3) is 5.56 Å². The Bertz CT molecular complexity index is 579. The molecule has 0 unspecified atom stereocenters. The minimum absolute atomic E-state index is 0.147. The van der Waals surface area contributed by atoms with E-state index >= 15 is 0 Å². The molecule has 0 amide bonds. The van der Waals surface area contributed by atoms with Gasteiger partial charge in [0, 0.05) is 25.8 Å². The van der Waals surface area contributed by atoms with Gasteiger partial charge >= 0.3 is 5.97 Å². The minimum atomic E-state index is -1.15. The lowest BCUT2D eigenvalue weighted by Crippen LogP contribution is -2.55. The Morgan fingerprint density at radius 2 is 1.95 bits per heavy atom. The summed E-state index contributed by atoms with van der Waals surface area (Å²) in [5, 5.41) is 8.95. The molecule has 1 spiro atoms. The molecule has 1 saturated carbocycles. The lowest BCUT2D eigenvalue weighted by molar-refractivity contribution is 0.00485. The van der Waals surface area contributed by atoms with Crippen LogP contribution in [-0.2, 0) is 6.54 Å². The van der Waals surface area contributed by atoms with Gasteiger partial charge in [-0.25, -0.2) is 4.79 Å². The summed E-state index contributed by atoms with van der Waals surface area (Å²) in [6.07, 6.45) is 8.08. The fourth-order valence-electron chi connectivity index (χ4n) is 3.84. The third-order valence-electron chi connectivity index (χ3n) is 4.91. The number of likely N-dealkylation sites (tertiary alicyclic amines) is 1. The number of pyridine rings is 1. The number of nitrogens with zero attached hydrogens (tertiary/aromatic N) is 2. The highest BCUT2D eigenvalue weighted by molar-refractivity contribution is 5.86. The zero-order chi connectivity index (χ0) is 14.9. The maximum atomic E-state index is 11.9.